The molecule has 1 aliphatic carbocycles. The zero-order valence-corrected chi connectivity index (χ0v) is 19.1. The Morgan fingerprint density at radius 3 is 2.72 bits per heavy atom. The van der Waals surface area contributed by atoms with E-state index in [0.29, 0.717) is 27.6 Å². The van der Waals surface area contributed by atoms with E-state index in [2.05, 4.69) is 16.7 Å². The number of hydrogen-bond acceptors (Lipinski definition) is 5. The van der Waals surface area contributed by atoms with Crippen LogP contribution in [0, 0.1) is 18.3 Å². The van der Waals surface area contributed by atoms with Crippen LogP contribution in [0.3, 0.4) is 0 Å². The molecule has 0 radical (unpaired) electrons. The Morgan fingerprint density at radius 1 is 1.22 bits per heavy atom. The highest BCUT2D eigenvalue weighted by molar-refractivity contribution is 8.03. The van der Waals surface area contributed by atoms with E-state index in [1.165, 1.54) is 11.8 Å². The Hall–Kier alpha value is -3.01. The van der Waals surface area contributed by atoms with Gasteiger partial charge < -0.3 is 10.6 Å². The van der Waals surface area contributed by atoms with E-state index in [0.717, 1.165) is 35.4 Å². The maximum atomic E-state index is 12.8. The van der Waals surface area contributed by atoms with Crippen LogP contribution in [-0.2, 0) is 9.59 Å². The number of rotatable bonds is 5. The summed E-state index contributed by atoms with van der Waals surface area (Å²) in [6, 6.07) is 17.2. The molecule has 0 saturated heterocycles. The number of nitriles is 1. The number of nitrogens with one attached hydrogen (secondary N) is 2. The molecule has 2 aromatic carbocycles. The topological polar surface area (TPSA) is 82.0 Å². The van der Waals surface area contributed by atoms with Crippen molar-refractivity contribution in [2.75, 3.05) is 11.1 Å². The molecule has 1 atom stereocenters. The molecule has 32 heavy (non-hydrogen) atoms. The molecule has 0 fully saturated rings. The molecule has 2 aliphatic rings. The van der Waals surface area contributed by atoms with Gasteiger partial charge in [-0.15, -0.1) is 0 Å². The molecule has 0 saturated carbocycles. The van der Waals surface area contributed by atoms with Crippen molar-refractivity contribution in [3.8, 4) is 6.07 Å². The maximum Gasteiger partial charge on any atom is 0.234 e. The zero-order valence-electron chi connectivity index (χ0n) is 17.6. The average molecular weight is 464 g/mol. The van der Waals surface area contributed by atoms with Gasteiger partial charge in [0.25, 0.3) is 0 Å². The van der Waals surface area contributed by atoms with Crippen LogP contribution in [-0.4, -0.2) is 17.4 Å². The van der Waals surface area contributed by atoms with Crippen LogP contribution in [0.25, 0.3) is 0 Å². The van der Waals surface area contributed by atoms with Crippen molar-refractivity contribution in [1.29, 1.82) is 5.26 Å². The SMILES string of the molecule is Cc1ccccc1NC(=O)CSC1=C(C#N)C(c2ccccc2Cl)C2=C(CCCC2=O)N1. The highest BCUT2D eigenvalue weighted by atomic mass is 35.5. The minimum absolute atomic E-state index is 0.0396. The summed E-state index contributed by atoms with van der Waals surface area (Å²) in [4.78, 5) is 25.4. The van der Waals surface area contributed by atoms with E-state index in [4.69, 9.17) is 11.6 Å². The number of carbonyl (C=O) groups is 2. The van der Waals surface area contributed by atoms with Crippen LogP contribution in [0.1, 0.15) is 36.3 Å². The van der Waals surface area contributed by atoms with E-state index in [1.54, 1.807) is 6.07 Å². The largest absolute Gasteiger partial charge is 0.352 e. The van der Waals surface area contributed by atoms with Crippen LogP contribution < -0.4 is 10.6 Å². The number of para-hydroxylation sites is 1. The molecule has 0 spiro atoms. The zero-order chi connectivity index (χ0) is 22.7. The molecule has 162 valence electrons. The quantitative estimate of drug-likeness (QED) is 0.616. The van der Waals surface area contributed by atoms with Crippen LogP contribution in [0.5, 0.6) is 0 Å². The highest BCUT2D eigenvalue weighted by Crippen LogP contribution is 2.45. The molecule has 1 aliphatic heterocycles. The molecule has 1 heterocycles. The summed E-state index contributed by atoms with van der Waals surface area (Å²) in [7, 11) is 0. The first-order valence-corrected chi connectivity index (χ1v) is 11.8. The Morgan fingerprint density at radius 2 is 1.97 bits per heavy atom. The Labute approximate surface area is 196 Å². The molecular weight excluding hydrogens is 442 g/mol. The van der Waals surface area contributed by atoms with Crippen molar-refractivity contribution in [3.63, 3.8) is 0 Å². The predicted octanol–water partition coefficient (Wildman–Crippen LogP) is 5.45. The number of allylic oxidation sites excluding steroid dienone is 3. The lowest BCUT2D eigenvalue weighted by molar-refractivity contribution is -0.116. The van der Waals surface area contributed by atoms with Crippen LogP contribution in [0.4, 0.5) is 5.69 Å². The Balaban J connectivity index is 1.64. The summed E-state index contributed by atoms with van der Waals surface area (Å²) >= 11 is 7.75. The fourth-order valence-corrected chi connectivity index (χ4v) is 5.20. The molecule has 1 unspecified atom stereocenters. The van der Waals surface area contributed by atoms with Gasteiger partial charge in [-0.05, 0) is 43.0 Å². The van der Waals surface area contributed by atoms with E-state index in [9.17, 15) is 14.9 Å². The standard InChI is InChI=1S/C25H22ClN3O2S/c1-15-7-2-5-10-19(15)28-22(31)14-32-25-17(13-27)23(16-8-3-4-9-18(16)26)24-20(29-25)11-6-12-21(24)30/h2-5,7-10,23,29H,6,11-12,14H2,1H3,(H,28,31). The second-order valence-corrected chi connectivity index (χ2v) is 9.15. The van der Waals surface area contributed by atoms with Gasteiger partial charge in [0.2, 0.25) is 5.91 Å². The fraction of sp³-hybridized carbons (Fsp3) is 0.240. The van der Waals surface area contributed by atoms with Crippen molar-refractivity contribution in [2.24, 2.45) is 0 Å². The summed E-state index contributed by atoms with van der Waals surface area (Å²) in [5.74, 6) is -0.518. The smallest absolute Gasteiger partial charge is 0.234 e. The van der Waals surface area contributed by atoms with Gasteiger partial charge in [-0.25, -0.2) is 0 Å². The maximum absolute atomic E-state index is 12.8. The fourth-order valence-electron chi connectivity index (χ4n) is 4.09. The monoisotopic (exact) mass is 463 g/mol. The highest BCUT2D eigenvalue weighted by Gasteiger charge is 2.37. The van der Waals surface area contributed by atoms with Crippen molar-refractivity contribution >= 4 is 40.7 Å². The second-order valence-electron chi connectivity index (χ2n) is 7.75. The molecule has 0 bridgehead atoms. The normalized spacial score (nSPS) is 18.0. The van der Waals surface area contributed by atoms with Gasteiger partial charge in [0.05, 0.1) is 28.3 Å². The molecule has 2 aromatic rings. The molecule has 4 rings (SSSR count). The Kier molecular flexibility index (Phi) is 6.69. The van der Waals surface area contributed by atoms with Gasteiger partial charge in [-0.3, -0.25) is 9.59 Å². The third-order valence-corrected chi connectivity index (χ3v) is 7.01. The second kappa shape index (κ2) is 9.64. The number of Topliss-reactive ketones (excluding diaryl/α,β-unsaturated/α-hetero) is 1. The summed E-state index contributed by atoms with van der Waals surface area (Å²) in [6.07, 6.45) is 1.94. The van der Waals surface area contributed by atoms with Gasteiger partial charge in [0.15, 0.2) is 5.78 Å². The summed E-state index contributed by atoms with van der Waals surface area (Å²) in [6.45, 7) is 1.93. The number of nitrogens with zero attached hydrogens (tertiary/aromatic N) is 1. The third-order valence-electron chi connectivity index (χ3n) is 5.65. The van der Waals surface area contributed by atoms with Crippen molar-refractivity contribution in [1.82, 2.24) is 5.32 Å². The van der Waals surface area contributed by atoms with Gasteiger partial charge in [0.1, 0.15) is 0 Å². The number of hydrogen-bond donors (Lipinski definition) is 2. The molecule has 7 heteroatoms. The van der Waals surface area contributed by atoms with E-state index in [1.807, 2.05) is 49.4 Å². The number of thioether (sulfide) groups is 1. The number of dihydropyridines is 1. The number of aryl methyl sites for hydroxylation is 1. The van der Waals surface area contributed by atoms with Gasteiger partial charge in [-0.1, -0.05) is 59.8 Å². The van der Waals surface area contributed by atoms with E-state index >= 15 is 0 Å². The molecule has 5 nitrogen and oxygen atoms in total. The van der Waals surface area contributed by atoms with Crippen molar-refractivity contribution in [3.05, 3.63) is 86.6 Å². The molecule has 0 aromatic heterocycles. The minimum Gasteiger partial charge on any atom is -0.352 e. The summed E-state index contributed by atoms with van der Waals surface area (Å²) in [5.41, 5.74) is 4.34. The summed E-state index contributed by atoms with van der Waals surface area (Å²) < 4.78 is 0. The summed E-state index contributed by atoms with van der Waals surface area (Å²) in [5, 5.41) is 17.4. The molecular formula is C25H22ClN3O2S. The third kappa shape index (κ3) is 4.45. The number of benzene rings is 2. The van der Waals surface area contributed by atoms with Crippen LogP contribution in [0.2, 0.25) is 5.02 Å². The van der Waals surface area contributed by atoms with E-state index in [-0.39, 0.29) is 17.4 Å². The molecule has 1 amide bonds. The van der Waals surface area contributed by atoms with E-state index < -0.39 is 5.92 Å². The van der Waals surface area contributed by atoms with Crippen LogP contribution >= 0.6 is 23.4 Å². The molecule has 2 N–H and O–H groups in total. The number of amides is 1. The van der Waals surface area contributed by atoms with Crippen LogP contribution in [0.15, 0.2) is 70.4 Å². The number of carbonyl (C=O) groups excluding carboxylic acids is 2. The van der Waals surface area contributed by atoms with Crippen molar-refractivity contribution in [2.45, 2.75) is 32.1 Å². The lowest BCUT2D eigenvalue weighted by atomic mass is 9.77. The first kappa shape index (κ1) is 22.2. The number of ketones is 1. The lowest BCUT2D eigenvalue weighted by Crippen LogP contribution is -2.32. The van der Waals surface area contributed by atoms with Gasteiger partial charge in [-0.2, -0.15) is 5.26 Å². The number of halogens is 1. The average Bonchev–Trinajstić information content (AvgIpc) is 2.79. The Bertz CT molecular complexity index is 1200. The first-order valence-electron chi connectivity index (χ1n) is 10.4. The minimum atomic E-state index is -0.528. The van der Waals surface area contributed by atoms with Gasteiger partial charge in [0, 0.05) is 28.4 Å². The number of anilines is 1. The first-order chi connectivity index (χ1) is 15.5. The predicted molar refractivity (Wildman–Crippen MR) is 128 cm³/mol. The van der Waals surface area contributed by atoms with Gasteiger partial charge >= 0.3 is 0 Å². The van der Waals surface area contributed by atoms with Crippen molar-refractivity contribution < 1.29 is 9.59 Å². The lowest BCUT2D eigenvalue weighted by Gasteiger charge is -2.33.